The maximum absolute atomic E-state index is 12.9. The minimum atomic E-state index is -1.04. The Bertz CT molecular complexity index is 720. The summed E-state index contributed by atoms with van der Waals surface area (Å²) in [5.41, 5.74) is 0.411. The number of rotatable bonds is 7. The van der Waals surface area contributed by atoms with Gasteiger partial charge in [0.05, 0.1) is 29.5 Å². The third-order valence-corrected chi connectivity index (χ3v) is 3.02. The Hall–Kier alpha value is -2.61. The van der Waals surface area contributed by atoms with E-state index in [0.29, 0.717) is 11.4 Å². The molecule has 2 rings (SSSR count). The topological polar surface area (TPSA) is 93.5 Å². The molecule has 0 bridgehead atoms. The molecule has 0 aliphatic carbocycles. The lowest BCUT2D eigenvalue weighted by atomic mass is 10.3. The maximum Gasteiger partial charge on any atom is 0.303 e. The van der Waals surface area contributed by atoms with E-state index in [1.165, 1.54) is 29.2 Å². The molecule has 0 saturated carbocycles. The molecule has 1 aromatic carbocycles. The van der Waals surface area contributed by atoms with Gasteiger partial charge in [0, 0.05) is 6.42 Å². The number of anilines is 1. The van der Waals surface area contributed by atoms with Crippen LogP contribution in [0, 0.1) is 5.82 Å². The summed E-state index contributed by atoms with van der Waals surface area (Å²) < 4.78 is 19.7. The van der Waals surface area contributed by atoms with Crippen LogP contribution in [0.2, 0.25) is 5.02 Å². The Morgan fingerprint density at radius 3 is 2.87 bits per heavy atom. The molecule has 0 aliphatic rings. The normalized spacial score (nSPS) is 10.3. The zero-order valence-electron chi connectivity index (χ0n) is 11.8. The predicted molar refractivity (Wildman–Crippen MR) is 79.8 cm³/mol. The monoisotopic (exact) mass is 341 g/mol. The summed E-state index contributed by atoms with van der Waals surface area (Å²) in [6.07, 6.45) is 2.54. The van der Waals surface area contributed by atoms with Gasteiger partial charge in [0.1, 0.15) is 11.6 Å². The Morgan fingerprint density at radius 2 is 2.17 bits per heavy atom. The highest BCUT2D eigenvalue weighted by atomic mass is 35.5. The van der Waals surface area contributed by atoms with E-state index in [1.54, 1.807) is 0 Å². The van der Waals surface area contributed by atoms with E-state index in [9.17, 15) is 14.0 Å². The molecular formula is C14H13ClFN3O4. The van der Waals surface area contributed by atoms with Crippen molar-refractivity contribution in [1.82, 2.24) is 9.78 Å². The van der Waals surface area contributed by atoms with Crippen molar-refractivity contribution in [3.63, 3.8) is 0 Å². The van der Waals surface area contributed by atoms with Crippen LogP contribution < -0.4 is 10.1 Å². The van der Waals surface area contributed by atoms with Gasteiger partial charge in [0.15, 0.2) is 6.73 Å². The molecule has 0 radical (unpaired) electrons. The SMILES string of the molecule is O=C(O)CCC(=O)Nc1cnn(COc2ccc(F)cc2Cl)c1. The first-order valence-corrected chi connectivity index (χ1v) is 6.94. The number of carboxylic acids is 1. The third-order valence-electron chi connectivity index (χ3n) is 2.73. The van der Waals surface area contributed by atoms with Gasteiger partial charge in [-0.15, -0.1) is 0 Å². The highest BCUT2D eigenvalue weighted by Crippen LogP contribution is 2.25. The van der Waals surface area contributed by atoms with E-state index < -0.39 is 17.7 Å². The molecule has 1 heterocycles. The molecule has 2 N–H and O–H groups in total. The van der Waals surface area contributed by atoms with Gasteiger partial charge in [0.2, 0.25) is 5.91 Å². The Labute approximate surface area is 135 Å². The van der Waals surface area contributed by atoms with Crippen LogP contribution in [-0.4, -0.2) is 26.8 Å². The fraction of sp³-hybridized carbons (Fsp3) is 0.214. The molecule has 122 valence electrons. The van der Waals surface area contributed by atoms with Crippen LogP contribution in [0.1, 0.15) is 12.8 Å². The van der Waals surface area contributed by atoms with E-state index in [4.69, 9.17) is 21.4 Å². The number of nitrogens with one attached hydrogen (secondary N) is 1. The summed E-state index contributed by atoms with van der Waals surface area (Å²) in [4.78, 5) is 21.9. The third kappa shape index (κ3) is 5.26. The smallest absolute Gasteiger partial charge is 0.303 e. The number of carbonyl (C=O) groups is 2. The molecule has 0 spiro atoms. The van der Waals surface area contributed by atoms with Gasteiger partial charge in [0.25, 0.3) is 0 Å². The van der Waals surface area contributed by atoms with Crippen molar-refractivity contribution in [2.45, 2.75) is 19.6 Å². The minimum Gasteiger partial charge on any atom is -0.481 e. The summed E-state index contributed by atoms with van der Waals surface area (Å²) in [5.74, 6) is -1.63. The molecule has 2 aromatic rings. The van der Waals surface area contributed by atoms with Crippen molar-refractivity contribution in [1.29, 1.82) is 0 Å². The molecule has 0 atom stereocenters. The van der Waals surface area contributed by atoms with E-state index in [0.717, 1.165) is 6.07 Å². The van der Waals surface area contributed by atoms with E-state index in [1.807, 2.05) is 0 Å². The lowest BCUT2D eigenvalue weighted by Gasteiger charge is -2.07. The van der Waals surface area contributed by atoms with Crippen LogP contribution >= 0.6 is 11.6 Å². The molecule has 0 fully saturated rings. The zero-order chi connectivity index (χ0) is 16.8. The van der Waals surface area contributed by atoms with Crippen LogP contribution in [-0.2, 0) is 16.3 Å². The van der Waals surface area contributed by atoms with Crippen LogP contribution in [0.25, 0.3) is 0 Å². The molecule has 0 unspecified atom stereocenters. The van der Waals surface area contributed by atoms with Gasteiger partial charge >= 0.3 is 5.97 Å². The molecule has 23 heavy (non-hydrogen) atoms. The fourth-order valence-electron chi connectivity index (χ4n) is 1.67. The number of benzene rings is 1. The summed E-state index contributed by atoms with van der Waals surface area (Å²) >= 11 is 5.83. The molecule has 7 nitrogen and oxygen atoms in total. The maximum atomic E-state index is 12.9. The number of aliphatic carboxylic acids is 1. The number of carboxylic acid groups (broad SMARTS) is 1. The van der Waals surface area contributed by atoms with Gasteiger partial charge in [-0.2, -0.15) is 5.10 Å². The van der Waals surface area contributed by atoms with Crippen molar-refractivity contribution in [2.75, 3.05) is 5.32 Å². The van der Waals surface area contributed by atoms with E-state index in [2.05, 4.69) is 10.4 Å². The quantitative estimate of drug-likeness (QED) is 0.807. The average molecular weight is 342 g/mol. The lowest BCUT2D eigenvalue weighted by molar-refractivity contribution is -0.138. The molecule has 0 aliphatic heterocycles. The van der Waals surface area contributed by atoms with Gasteiger partial charge in [-0.05, 0) is 18.2 Å². The largest absolute Gasteiger partial charge is 0.481 e. The first-order chi connectivity index (χ1) is 10.9. The number of amides is 1. The second-order valence-corrected chi connectivity index (χ2v) is 4.97. The predicted octanol–water partition coefficient (Wildman–Crippen LogP) is 2.52. The summed E-state index contributed by atoms with van der Waals surface area (Å²) in [7, 11) is 0. The minimum absolute atomic E-state index is 0.0103. The van der Waals surface area contributed by atoms with Crippen molar-refractivity contribution < 1.29 is 23.8 Å². The van der Waals surface area contributed by atoms with E-state index in [-0.39, 0.29) is 24.6 Å². The molecule has 1 amide bonds. The highest BCUT2D eigenvalue weighted by Gasteiger charge is 2.08. The summed E-state index contributed by atoms with van der Waals surface area (Å²) in [5, 5.41) is 15.1. The lowest BCUT2D eigenvalue weighted by Crippen LogP contribution is -2.12. The molecule has 9 heteroatoms. The second-order valence-electron chi connectivity index (χ2n) is 4.56. The van der Waals surface area contributed by atoms with Crippen LogP contribution in [0.4, 0.5) is 10.1 Å². The van der Waals surface area contributed by atoms with Crippen molar-refractivity contribution in [3.05, 3.63) is 41.4 Å². The number of carbonyl (C=O) groups excluding carboxylic acids is 1. The van der Waals surface area contributed by atoms with Gasteiger partial charge in [-0.3, -0.25) is 9.59 Å². The fourth-order valence-corrected chi connectivity index (χ4v) is 1.89. The summed E-state index contributed by atoms with van der Waals surface area (Å²) in [6, 6.07) is 3.75. The first-order valence-electron chi connectivity index (χ1n) is 6.56. The standard InChI is InChI=1S/C14H13ClFN3O4/c15-11-5-9(16)1-2-12(11)23-8-19-7-10(6-17-19)18-13(20)3-4-14(21)22/h1-2,5-7H,3-4,8H2,(H,18,20)(H,21,22). The first kappa shape index (κ1) is 16.8. The Kier molecular flexibility index (Phi) is 5.53. The summed E-state index contributed by atoms with van der Waals surface area (Å²) in [6.45, 7) is 0.0103. The molecule has 0 saturated heterocycles. The number of ether oxygens (including phenoxy) is 1. The number of hydrogen-bond donors (Lipinski definition) is 2. The number of halogens is 2. The molecule has 1 aromatic heterocycles. The average Bonchev–Trinajstić information content (AvgIpc) is 2.92. The number of nitrogens with zero attached hydrogens (tertiary/aromatic N) is 2. The number of aromatic nitrogens is 2. The van der Waals surface area contributed by atoms with Crippen LogP contribution in [0.15, 0.2) is 30.6 Å². The zero-order valence-corrected chi connectivity index (χ0v) is 12.6. The van der Waals surface area contributed by atoms with Crippen LogP contribution in [0.3, 0.4) is 0 Å². The van der Waals surface area contributed by atoms with Crippen molar-refractivity contribution >= 4 is 29.2 Å². The highest BCUT2D eigenvalue weighted by molar-refractivity contribution is 6.32. The molecular weight excluding hydrogens is 329 g/mol. The second kappa shape index (κ2) is 7.59. The van der Waals surface area contributed by atoms with E-state index >= 15 is 0 Å². The van der Waals surface area contributed by atoms with Crippen LogP contribution in [0.5, 0.6) is 5.75 Å². The van der Waals surface area contributed by atoms with Gasteiger partial charge in [-0.1, -0.05) is 11.6 Å². The van der Waals surface area contributed by atoms with Crippen molar-refractivity contribution in [3.8, 4) is 5.75 Å². The van der Waals surface area contributed by atoms with Gasteiger partial charge in [-0.25, -0.2) is 9.07 Å². The van der Waals surface area contributed by atoms with Gasteiger partial charge < -0.3 is 15.2 Å². The van der Waals surface area contributed by atoms with Crippen molar-refractivity contribution in [2.24, 2.45) is 0 Å². The Balaban J connectivity index is 1.87. The number of hydrogen-bond acceptors (Lipinski definition) is 4. The Morgan fingerprint density at radius 1 is 1.39 bits per heavy atom.